The first kappa shape index (κ1) is 15.9. The fourth-order valence-corrected chi connectivity index (χ4v) is 2.54. The summed E-state index contributed by atoms with van der Waals surface area (Å²) in [6, 6.07) is 2.34. The maximum Gasteiger partial charge on any atom is 0.295 e. The molecule has 1 unspecified atom stereocenters. The summed E-state index contributed by atoms with van der Waals surface area (Å²) < 4.78 is 13.3. The molecule has 0 aliphatic carbocycles. The van der Waals surface area contributed by atoms with E-state index in [9.17, 15) is 14.5 Å². The van der Waals surface area contributed by atoms with E-state index in [2.05, 4.69) is 15.1 Å². The number of nitro groups is 1. The van der Waals surface area contributed by atoms with Crippen molar-refractivity contribution >= 4 is 23.0 Å². The lowest BCUT2D eigenvalue weighted by Crippen LogP contribution is -2.52. The maximum absolute atomic E-state index is 13.3. The second kappa shape index (κ2) is 6.55. The van der Waals surface area contributed by atoms with Crippen LogP contribution in [-0.2, 0) is 0 Å². The predicted molar refractivity (Wildman–Crippen MR) is 80.5 cm³/mol. The first-order valence-electron chi connectivity index (χ1n) is 6.64. The van der Waals surface area contributed by atoms with Gasteiger partial charge in [0.2, 0.25) is 0 Å². The Labute approximate surface area is 127 Å². The third kappa shape index (κ3) is 3.81. The molecule has 1 atom stereocenters. The molecule has 1 aliphatic rings. The van der Waals surface area contributed by atoms with E-state index in [1.807, 2.05) is 14.1 Å². The third-order valence-corrected chi connectivity index (χ3v) is 4.03. The zero-order valence-electron chi connectivity index (χ0n) is 12.0. The highest BCUT2D eigenvalue weighted by Gasteiger charge is 2.24. The van der Waals surface area contributed by atoms with E-state index in [1.165, 1.54) is 6.07 Å². The lowest BCUT2D eigenvalue weighted by molar-refractivity contribution is -0.384. The van der Waals surface area contributed by atoms with Crippen LogP contribution in [0.15, 0.2) is 12.1 Å². The quantitative estimate of drug-likeness (QED) is 0.680. The summed E-state index contributed by atoms with van der Waals surface area (Å²) in [5.74, 6) is -0.788. The van der Waals surface area contributed by atoms with Gasteiger partial charge in [0, 0.05) is 32.2 Å². The van der Waals surface area contributed by atoms with Gasteiger partial charge in [0.05, 0.1) is 16.0 Å². The van der Waals surface area contributed by atoms with Gasteiger partial charge in [-0.05, 0) is 20.2 Å². The van der Waals surface area contributed by atoms with Crippen LogP contribution in [0.4, 0.5) is 15.8 Å². The molecule has 0 bridgehead atoms. The Hall–Kier alpha value is -1.44. The summed E-state index contributed by atoms with van der Waals surface area (Å²) in [5, 5.41) is 13.9. The van der Waals surface area contributed by atoms with Crippen molar-refractivity contribution in [3.8, 4) is 0 Å². The van der Waals surface area contributed by atoms with Gasteiger partial charge in [-0.15, -0.1) is 0 Å². The SMILES string of the molecule is CN1CCN(C)C(CNc2cc(Cl)c(F)cc2[N+](=O)[O-])C1. The molecule has 1 fully saturated rings. The van der Waals surface area contributed by atoms with E-state index in [0.717, 1.165) is 25.7 Å². The van der Waals surface area contributed by atoms with Gasteiger partial charge < -0.3 is 10.2 Å². The van der Waals surface area contributed by atoms with Crippen molar-refractivity contribution in [2.75, 3.05) is 45.6 Å². The van der Waals surface area contributed by atoms with Crippen LogP contribution in [0.1, 0.15) is 0 Å². The number of hydrogen-bond donors (Lipinski definition) is 1. The van der Waals surface area contributed by atoms with Crippen LogP contribution in [0.25, 0.3) is 0 Å². The molecular formula is C13H18ClFN4O2. The Balaban J connectivity index is 2.12. The number of halogens is 2. The molecule has 1 aromatic carbocycles. The summed E-state index contributed by atoms with van der Waals surface area (Å²) >= 11 is 5.71. The van der Waals surface area contributed by atoms with Crippen molar-refractivity contribution in [1.82, 2.24) is 9.80 Å². The van der Waals surface area contributed by atoms with Crippen molar-refractivity contribution < 1.29 is 9.31 Å². The van der Waals surface area contributed by atoms with E-state index in [1.54, 1.807) is 0 Å². The van der Waals surface area contributed by atoms with Gasteiger partial charge in [-0.1, -0.05) is 11.6 Å². The van der Waals surface area contributed by atoms with Crippen molar-refractivity contribution in [3.05, 3.63) is 33.1 Å². The van der Waals surface area contributed by atoms with E-state index < -0.39 is 10.7 Å². The average Bonchev–Trinajstić information content (AvgIpc) is 2.42. The van der Waals surface area contributed by atoms with Gasteiger partial charge in [0.1, 0.15) is 11.5 Å². The molecule has 1 aliphatic heterocycles. The van der Waals surface area contributed by atoms with Crippen molar-refractivity contribution in [2.45, 2.75) is 6.04 Å². The molecule has 21 heavy (non-hydrogen) atoms. The Morgan fingerprint density at radius 3 is 2.86 bits per heavy atom. The zero-order chi connectivity index (χ0) is 15.6. The predicted octanol–water partition coefficient (Wildman–Crippen LogP) is 2.04. The fourth-order valence-electron chi connectivity index (χ4n) is 2.38. The molecule has 6 nitrogen and oxygen atoms in total. The van der Waals surface area contributed by atoms with E-state index in [4.69, 9.17) is 11.6 Å². The second-order valence-electron chi connectivity index (χ2n) is 5.32. The van der Waals surface area contributed by atoms with Crippen LogP contribution < -0.4 is 5.32 Å². The number of rotatable bonds is 4. The molecule has 0 radical (unpaired) electrons. The Bertz CT molecular complexity index is 543. The maximum atomic E-state index is 13.3. The highest BCUT2D eigenvalue weighted by atomic mass is 35.5. The summed E-state index contributed by atoms with van der Waals surface area (Å²) in [4.78, 5) is 14.8. The number of nitrogens with one attached hydrogen (secondary N) is 1. The molecule has 0 saturated carbocycles. The highest BCUT2D eigenvalue weighted by molar-refractivity contribution is 6.31. The van der Waals surface area contributed by atoms with Crippen molar-refractivity contribution in [2.24, 2.45) is 0 Å². The summed E-state index contributed by atoms with van der Waals surface area (Å²) in [5.41, 5.74) is -0.0586. The minimum atomic E-state index is -0.788. The molecular weight excluding hydrogens is 299 g/mol. The van der Waals surface area contributed by atoms with Crippen LogP contribution >= 0.6 is 11.6 Å². The summed E-state index contributed by atoms with van der Waals surface area (Å²) in [6.07, 6.45) is 0. The van der Waals surface area contributed by atoms with E-state index in [-0.39, 0.29) is 22.4 Å². The number of benzene rings is 1. The van der Waals surface area contributed by atoms with Crippen molar-refractivity contribution in [1.29, 1.82) is 0 Å². The van der Waals surface area contributed by atoms with Crippen molar-refractivity contribution in [3.63, 3.8) is 0 Å². The molecule has 1 heterocycles. The third-order valence-electron chi connectivity index (χ3n) is 3.74. The fraction of sp³-hybridized carbons (Fsp3) is 0.538. The lowest BCUT2D eigenvalue weighted by Gasteiger charge is -2.37. The number of likely N-dealkylation sites (N-methyl/N-ethyl adjacent to an activating group) is 2. The Morgan fingerprint density at radius 1 is 1.48 bits per heavy atom. The lowest BCUT2D eigenvalue weighted by atomic mass is 10.1. The van der Waals surface area contributed by atoms with Crippen LogP contribution in [-0.4, -0.2) is 61.0 Å². The van der Waals surface area contributed by atoms with Gasteiger partial charge >= 0.3 is 0 Å². The minimum absolute atomic E-state index is 0.128. The Kier molecular flexibility index (Phi) is 4.97. The van der Waals surface area contributed by atoms with E-state index >= 15 is 0 Å². The normalized spacial score (nSPS) is 20.5. The largest absolute Gasteiger partial charge is 0.378 e. The Morgan fingerprint density at radius 2 is 2.19 bits per heavy atom. The van der Waals surface area contributed by atoms with Gasteiger partial charge in [-0.3, -0.25) is 15.0 Å². The first-order chi connectivity index (χ1) is 9.88. The molecule has 0 aromatic heterocycles. The molecule has 1 saturated heterocycles. The number of hydrogen-bond acceptors (Lipinski definition) is 5. The average molecular weight is 317 g/mol. The molecule has 2 rings (SSSR count). The zero-order valence-corrected chi connectivity index (χ0v) is 12.7. The second-order valence-corrected chi connectivity index (χ2v) is 5.73. The van der Waals surface area contributed by atoms with Gasteiger partial charge in [0.15, 0.2) is 0 Å². The van der Waals surface area contributed by atoms with Crippen LogP contribution in [0, 0.1) is 15.9 Å². The minimum Gasteiger partial charge on any atom is -0.378 e. The first-order valence-corrected chi connectivity index (χ1v) is 7.02. The molecule has 0 spiro atoms. The van der Waals surface area contributed by atoms with Crippen LogP contribution in [0.5, 0.6) is 0 Å². The number of nitrogens with zero attached hydrogens (tertiary/aromatic N) is 3. The smallest absolute Gasteiger partial charge is 0.295 e. The molecule has 8 heteroatoms. The topological polar surface area (TPSA) is 61.6 Å². The van der Waals surface area contributed by atoms with Crippen LogP contribution in [0.3, 0.4) is 0 Å². The van der Waals surface area contributed by atoms with Gasteiger partial charge in [-0.2, -0.15) is 0 Å². The molecule has 116 valence electrons. The van der Waals surface area contributed by atoms with E-state index in [0.29, 0.717) is 6.54 Å². The summed E-state index contributed by atoms with van der Waals surface area (Å²) in [6.45, 7) is 3.33. The van der Waals surface area contributed by atoms with Gasteiger partial charge in [0.25, 0.3) is 5.69 Å². The van der Waals surface area contributed by atoms with Gasteiger partial charge in [-0.25, -0.2) is 4.39 Å². The monoisotopic (exact) mass is 316 g/mol. The highest BCUT2D eigenvalue weighted by Crippen LogP contribution is 2.30. The number of piperazine rings is 1. The summed E-state index contributed by atoms with van der Waals surface area (Å²) in [7, 11) is 4.06. The molecule has 1 aromatic rings. The molecule has 0 amide bonds. The standard InChI is InChI=1S/C13H18ClFN4O2/c1-17-3-4-18(2)9(8-17)7-16-12-5-10(14)11(15)6-13(12)19(20)21/h5-6,9,16H,3-4,7-8H2,1-2H3. The molecule has 1 N–H and O–H groups in total. The van der Waals surface area contributed by atoms with Crippen LogP contribution in [0.2, 0.25) is 5.02 Å². The number of nitro benzene ring substituents is 1. The number of anilines is 1.